The lowest BCUT2D eigenvalue weighted by atomic mass is 9.97. The summed E-state index contributed by atoms with van der Waals surface area (Å²) in [6.45, 7) is 7.62. The number of hydrogen-bond donors (Lipinski definition) is 2. The Bertz CT molecular complexity index is 1450. The number of methoxy groups -OCH3 is 1. The van der Waals surface area contributed by atoms with Crippen LogP contribution in [0.4, 0.5) is 11.6 Å². The number of fused-ring (bicyclic) bond motifs is 1. The first-order valence-electron chi connectivity index (χ1n) is 10.6. The van der Waals surface area contributed by atoms with Crippen molar-refractivity contribution in [1.82, 2.24) is 24.6 Å². The number of carbonyl (C=O) groups excluding carboxylic acids is 1. The van der Waals surface area contributed by atoms with Crippen molar-refractivity contribution in [3.63, 3.8) is 0 Å². The lowest BCUT2D eigenvalue weighted by Crippen LogP contribution is -2.16. The van der Waals surface area contributed by atoms with Gasteiger partial charge in [0, 0.05) is 11.8 Å². The summed E-state index contributed by atoms with van der Waals surface area (Å²) >= 11 is 0. The molecule has 0 aliphatic carbocycles. The minimum Gasteiger partial charge on any atom is -0.465 e. The summed E-state index contributed by atoms with van der Waals surface area (Å²) in [5, 5.41) is 17.3. The number of hydrogen-bond acceptors (Lipinski definition) is 9. The Labute approximate surface area is 196 Å². The van der Waals surface area contributed by atoms with Crippen LogP contribution in [0.3, 0.4) is 0 Å². The zero-order chi connectivity index (χ0) is 24.6. The molecule has 3 N–H and O–H groups in total. The van der Waals surface area contributed by atoms with Crippen LogP contribution in [0.5, 0.6) is 0 Å². The first-order chi connectivity index (χ1) is 16.2. The molecule has 1 atom stereocenters. The number of anilines is 2. The van der Waals surface area contributed by atoms with Crippen LogP contribution >= 0.6 is 0 Å². The molecule has 0 spiro atoms. The van der Waals surface area contributed by atoms with Crippen molar-refractivity contribution in [1.29, 1.82) is 5.26 Å². The van der Waals surface area contributed by atoms with Gasteiger partial charge in [0.1, 0.15) is 29.6 Å². The molecular weight excluding hydrogens is 432 g/mol. The summed E-state index contributed by atoms with van der Waals surface area (Å²) in [5.41, 5.74) is 11.6. The molecule has 10 heteroatoms. The van der Waals surface area contributed by atoms with E-state index in [1.807, 2.05) is 58.2 Å². The van der Waals surface area contributed by atoms with Crippen LogP contribution in [-0.2, 0) is 4.74 Å². The number of rotatable bonds is 5. The first-order valence-corrected chi connectivity index (χ1v) is 10.6. The van der Waals surface area contributed by atoms with E-state index in [1.165, 1.54) is 13.4 Å². The van der Waals surface area contributed by atoms with Gasteiger partial charge in [0.25, 0.3) is 0 Å². The third kappa shape index (κ3) is 3.88. The molecule has 4 rings (SSSR count). The maximum Gasteiger partial charge on any atom is 0.338 e. The minimum absolute atomic E-state index is 0.0990. The van der Waals surface area contributed by atoms with E-state index in [1.54, 1.807) is 4.52 Å². The zero-order valence-corrected chi connectivity index (χ0v) is 19.5. The fourth-order valence-corrected chi connectivity index (χ4v) is 3.99. The standard InChI is InChI=1S/C24H24N8O2/c1-12-6-7-32-20(12)19(16-8-13(2)18(14(3)9-16)24(33)34-5)30-22(31-32)15(4)29-23-17(10-25)21(26)27-11-28-23/h6-9,11,15H,1-5H3,(H3,26,27,28,29). The van der Waals surface area contributed by atoms with Gasteiger partial charge >= 0.3 is 5.97 Å². The highest BCUT2D eigenvalue weighted by Gasteiger charge is 2.21. The third-order valence-corrected chi connectivity index (χ3v) is 5.65. The van der Waals surface area contributed by atoms with Gasteiger partial charge < -0.3 is 15.8 Å². The van der Waals surface area contributed by atoms with Gasteiger partial charge in [0.15, 0.2) is 5.82 Å². The molecule has 0 bridgehead atoms. The fourth-order valence-electron chi connectivity index (χ4n) is 3.99. The summed E-state index contributed by atoms with van der Waals surface area (Å²) in [4.78, 5) is 25.1. The monoisotopic (exact) mass is 456 g/mol. The Hall–Kier alpha value is -4.52. The molecule has 4 aromatic rings. The number of benzene rings is 1. The number of nitrogens with two attached hydrogens (primary N) is 1. The molecular formula is C24H24N8O2. The summed E-state index contributed by atoms with van der Waals surface area (Å²) in [7, 11) is 1.37. The fraction of sp³-hybridized carbons (Fsp3) is 0.250. The maximum absolute atomic E-state index is 12.2. The van der Waals surface area contributed by atoms with Gasteiger partial charge in [-0.2, -0.15) is 10.4 Å². The number of aryl methyl sites for hydroxylation is 3. The van der Waals surface area contributed by atoms with Crippen molar-refractivity contribution in [3.05, 3.63) is 64.4 Å². The second-order valence-corrected chi connectivity index (χ2v) is 8.05. The number of nitrogens with zero attached hydrogens (tertiary/aromatic N) is 6. The molecule has 3 aromatic heterocycles. The van der Waals surface area contributed by atoms with Crippen LogP contribution < -0.4 is 11.1 Å². The van der Waals surface area contributed by atoms with Crippen molar-refractivity contribution in [2.45, 2.75) is 33.7 Å². The highest BCUT2D eigenvalue weighted by atomic mass is 16.5. The van der Waals surface area contributed by atoms with E-state index in [-0.39, 0.29) is 17.4 Å². The molecule has 3 heterocycles. The number of ether oxygens (including phenoxy) is 1. The Morgan fingerprint density at radius 2 is 1.91 bits per heavy atom. The van der Waals surface area contributed by atoms with Gasteiger partial charge in [-0.05, 0) is 62.6 Å². The molecule has 172 valence electrons. The topological polar surface area (TPSA) is 144 Å². The third-order valence-electron chi connectivity index (χ3n) is 5.65. The van der Waals surface area contributed by atoms with Crippen LogP contribution in [0.15, 0.2) is 30.7 Å². The van der Waals surface area contributed by atoms with Crippen molar-refractivity contribution in [2.75, 3.05) is 18.2 Å². The smallest absolute Gasteiger partial charge is 0.338 e. The Morgan fingerprint density at radius 3 is 2.56 bits per heavy atom. The second-order valence-electron chi connectivity index (χ2n) is 8.05. The summed E-state index contributed by atoms with van der Waals surface area (Å²) < 4.78 is 6.72. The second kappa shape index (κ2) is 8.78. The molecule has 0 amide bonds. The minimum atomic E-state index is -0.399. The predicted octanol–water partition coefficient (Wildman–Crippen LogP) is 3.53. The molecule has 0 saturated carbocycles. The van der Waals surface area contributed by atoms with E-state index < -0.39 is 6.04 Å². The Morgan fingerprint density at radius 1 is 1.21 bits per heavy atom. The van der Waals surface area contributed by atoms with Crippen LogP contribution in [-0.4, -0.2) is 37.6 Å². The largest absolute Gasteiger partial charge is 0.465 e. The van der Waals surface area contributed by atoms with Crippen molar-refractivity contribution >= 4 is 23.1 Å². The SMILES string of the molecule is COC(=O)c1c(C)cc(-c2nc(C(C)Nc3ncnc(N)c3C#N)nn3ccc(C)c23)cc1C. The van der Waals surface area contributed by atoms with Gasteiger partial charge in [0.2, 0.25) is 0 Å². The lowest BCUT2D eigenvalue weighted by molar-refractivity contribution is 0.0599. The van der Waals surface area contributed by atoms with E-state index in [9.17, 15) is 10.1 Å². The highest BCUT2D eigenvalue weighted by molar-refractivity contribution is 5.94. The van der Waals surface area contributed by atoms with Gasteiger partial charge in [-0.15, -0.1) is 0 Å². The average Bonchev–Trinajstić information content (AvgIpc) is 3.18. The van der Waals surface area contributed by atoms with Crippen LogP contribution in [0, 0.1) is 32.1 Å². The molecule has 0 fully saturated rings. The number of nitriles is 1. The number of nitrogens with one attached hydrogen (secondary N) is 1. The summed E-state index contributed by atoms with van der Waals surface area (Å²) in [6, 6.07) is 7.45. The molecule has 0 aliphatic heterocycles. The normalized spacial score (nSPS) is 11.8. The van der Waals surface area contributed by atoms with E-state index in [2.05, 4.69) is 20.4 Å². The van der Waals surface area contributed by atoms with Crippen LogP contribution in [0.2, 0.25) is 0 Å². The van der Waals surface area contributed by atoms with E-state index >= 15 is 0 Å². The van der Waals surface area contributed by atoms with Gasteiger partial charge in [-0.3, -0.25) is 0 Å². The van der Waals surface area contributed by atoms with Crippen molar-refractivity contribution < 1.29 is 9.53 Å². The van der Waals surface area contributed by atoms with Crippen molar-refractivity contribution in [3.8, 4) is 17.3 Å². The number of esters is 1. The van der Waals surface area contributed by atoms with E-state index in [0.29, 0.717) is 17.2 Å². The number of nitrogen functional groups attached to an aromatic ring is 1. The Kier molecular flexibility index (Phi) is 5.86. The summed E-state index contributed by atoms with van der Waals surface area (Å²) in [5.74, 6) is 0.531. The predicted molar refractivity (Wildman–Crippen MR) is 127 cm³/mol. The van der Waals surface area contributed by atoms with Gasteiger partial charge in [-0.25, -0.2) is 24.3 Å². The van der Waals surface area contributed by atoms with Crippen LogP contribution in [0.1, 0.15) is 51.4 Å². The van der Waals surface area contributed by atoms with Crippen LogP contribution in [0.25, 0.3) is 16.8 Å². The van der Waals surface area contributed by atoms with E-state index in [0.717, 1.165) is 33.5 Å². The average molecular weight is 457 g/mol. The number of aromatic nitrogens is 5. The van der Waals surface area contributed by atoms with E-state index in [4.69, 9.17) is 15.5 Å². The maximum atomic E-state index is 12.2. The quantitative estimate of drug-likeness (QED) is 0.431. The molecule has 0 aliphatic rings. The Balaban J connectivity index is 1.84. The van der Waals surface area contributed by atoms with Crippen molar-refractivity contribution in [2.24, 2.45) is 0 Å². The van der Waals surface area contributed by atoms with Gasteiger partial charge in [0.05, 0.1) is 29.9 Å². The molecule has 0 radical (unpaired) electrons. The lowest BCUT2D eigenvalue weighted by Gasteiger charge is -2.17. The number of carbonyl (C=O) groups is 1. The first kappa shape index (κ1) is 22.7. The summed E-state index contributed by atoms with van der Waals surface area (Å²) in [6.07, 6.45) is 3.17. The molecule has 1 aromatic carbocycles. The molecule has 34 heavy (non-hydrogen) atoms. The zero-order valence-electron chi connectivity index (χ0n) is 19.5. The molecule has 10 nitrogen and oxygen atoms in total. The molecule has 0 saturated heterocycles. The molecule has 1 unspecified atom stereocenters. The highest BCUT2D eigenvalue weighted by Crippen LogP contribution is 2.31. The van der Waals surface area contributed by atoms with Gasteiger partial charge in [-0.1, -0.05) is 0 Å².